The van der Waals surface area contributed by atoms with Gasteiger partial charge in [-0.2, -0.15) is 0 Å². The lowest BCUT2D eigenvalue weighted by atomic mass is 9.86. The molecule has 0 radical (unpaired) electrons. The second-order valence-corrected chi connectivity index (χ2v) is 5.53. The van der Waals surface area contributed by atoms with Crippen molar-refractivity contribution in [2.24, 2.45) is 5.73 Å². The fourth-order valence-electron chi connectivity index (χ4n) is 2.85. The Morgan fingerprint density at radius 2 is 1.77 bits per heavy atom. The fourth-order valence-corrected chi connectivity index (χ4v) is 2.85. The smallest absolute Gasteiger partial charge is 0.356 e. The number of hydrogen-bond acceptors (Lipinski definition) is 4. The maximum Gasteiger partial charge on any atom is 0.356 e. The maximum atomic E-state index is 11.8. The number of epoxide rings is 1. The zero-order valence-electron chi connectivity index (χ0n) is 12.4. The van der Waals surface area contributed by atoms with Gasteiger partial charge in [0.1, 0.15) is 6.10 Å². The molecule has 3 rings (SSSR count). The average Bonchev–Trinajstić information content (AvgIpc) is 3.26. The Morgan fingerprint density at radius 1 is 1.18 bits per heavy atom. The van der Waals surface area contributed by atoms with Crippen LogP contribution in [-0.4, -0.2) is 24.9 Å². The van der Waals surface area contributed by atoms with E-state index >= 15 is 0 Å². The van der Waals surface area contributed by atoms with Gasteiger partial charge >= 0.3 is 5.97 Å². The summed E-state index contributed by atoms with van der Waals surface area (Å²) in [5, 5.41) is 0. The van der Waals surface area contributed by atoms with Crippen LogP contribution in [0.1, 0.15) is 17.0 Å². The number of hydrogen-bond donors (Lipinski definition) is 1. The third-order valence-corrected chi connectivity index (χ3v) is 4.08. The number of esters is 1. The Kier molecular flexibility index (Phi) is 3.96. The molecule has 2 aromatic carbocycles. The molecule has 0 aromatic heterocycles. The third kappa shape index (κ3) is 2.75. The van der Waals surface area contributed by atoms with Gasteiger partial charge in [0.05, 0.1) is 7.11 Å². The van der Waals surface area contributed by atoms with Gasteiger partial charge in [-0.15, -0.1) is 0 Å². The largest absolute Gasteiger partial charge is 0.466 e. The lowest BCUT2D eigenvalue weighted by Gasteiger charge is -2.16. The summed E-state index contributed by atoms with van der Waals surface area (Å²) in [6.07, 6.45) is 0.383. The molecule has 1 aliphatic rings. The summed E-state index contributed by atoms with van der Waals surface area (Å²) in [6.45, 7) is 0. The molecule has 1 saturated heterocycles. The molecule has 22 heavy (non-hydrogen) atoms. The first-order valence-corrected chi connectivity index (χ1v) is 7.29. The molecule has 0 bridgehead atoms. The summed E-state index contributed by atoms with van der Waals surface area (Å²) in [7, 11) is 1.32. The van der Waals surface area contributed by atoms with E-state index in [4.69, 9.17) is 15.2 Å². The van der Waals surface area contributed by atoms with Crippen molar-refractivity contribution in [2.75, 3.05) is 7.11 Å². The quantitative estimate of drug-likeness (QED) is 0.679. The van der Waals surface area contributed by atoms with E-state index in [0.717, 1.165) is 12.0 Å². The van der Waals surface area contributed by atoms with Crippen molar-refractivity contribution >= 4 is 5.97 Å². The second-order valence-electron chi connectivity index (χ2n) is 5.53. The van der Waals surface area contributed by atoms with Gasteiger partial charge in [-0.25, -0.2) is 4.79 Å². The zero-order valence-corrected chi connectivity index (χ0v) is 12.4. The highest BCUT2D eigenvalue weighted by Gasteiger charge is 2.64. The Labute approximate surface area is 129 Å². The topological polar surface area (TPSA) is 64.8 Å². The van der Waals surface area contributed by atoms with Crippen molar-refractivity contribution in [3.63, 3.8) is 0 Å². The summed E-state index contributed by atoms with van der Waals surface area (Å²) in [5.74, 6) is -0.515. The van der Waals surface area contributed by atoms with Crippen molar-refractivity contribution in [3.05, 3.63) is 71.8 Å². The number of carbonyl (C=O) groups excluding carboxylic acids is 1. The van der Waals surface area contributed by atoms with Gasteiger partial charge in [0.25, 0.3) is 0 Å². The zero-order chi connectivity index (χ0) is 15.6. The second kappa shape index (κ2) is 5.91. The van der Waals surface area contributed by atoms with Gasteiger partial charge in [-0.1, -0.05) is 60.7 Å². The number of rotatable bonds is 5. The molecule has 4 nitrogen and oxygen atoms in total. The molecule has 0 aliphatic carbocycles. The minimum atomic E-state index is -1.33. The first-order valence-electron chi connectivity index (χ1n) is 7.29. The molecule has 1 heterocycles. The highest BCUT2D eigenvalue weighted by Crippen LogP contribution is 2.44. The van der Waals surface area contributed by atoms with Gasteiger partial charge in [-0.3, -0.25) is 5.73 Å². The molecule has 1 fully saturated rings. The van der Waals surface area contributed by atoms with Crippen molar-refractivity contribution in [1.82, 2.24) is 0 Å². The van der Waals surface area contributed by atoms with Crippen LogP contribution in [0.3, 0.4) is 0 Å². The first kappa shape index (κ1) is 14.8. The normalized spacial score (nSPS) is 24.5. The number of ether oxygens (including phenoxy) is 2. The monoisotopic (exact) mass is 297 g/mol. The van der Waals surface area contributed by atoms with Crippen LogP contribution in [0.5, 0.6) is 0 Å². The van der Waals surface area contributed by atoms with Crippen LogP contribution in [0.25, 0.3) is 0 Å². The van der Waals surface area contributed by atoms with Crippen molar-refractivity contribution in [1.29, 1.82) is 0 Å². The van der Waals surface area contributed by atoms with Crippen molar-refractivity contribution < 1.29 is 14.3 Å². The van der Waals surface area contributed by atoms with Gasteiger partial charge in [0.2, 0.25) is 5.72 Å². The van der Waals surface area contributed by atoms with Crippen LogP contribution in [-0.2, 0) is 20.7 Å². The molecule has 0 amide bonds. The molecular weight excluding hydrogens is 278 g/mol. The maximum absolute atomic E-state index is 11.8. The molecule has 114 valence electrons. The SMILES string of the molecule is COC(=O)[C@@]1(N)OC1C(Cc1ccccc1)c1ccccc1. The summed E-state index contributed by atoms with van der Waals surface area (Å²) in [5.41, 5.74) is 6.99. The Balaban J connectivity index is 1.87. The Morgan fingerprint density at radius 3 is 2.36 bits per heavy atom. The lowest BCUT2D eigenvalue weighted by Crippen LogP contribution is -2.40. The summed E-state index contributed by atoms with van der Waals surface area (Å²) in [6, 6.07) is 20.1. The van der Waals surface area contributed by atoms with E-state index in [-0.39, 0.29) is 12.0 Å². The minimum absolute atomic E-state index is 0.00713. The van der Waals surface area contributed by atoms with Gasteiger partial charge in [0.15, 0.2) is 0 Å². The molecule has 2 N–H and O–H groups in total. The Hall–Kier alpha value is -2.17. The highest BCUT2D eigenvalue weighted by molar-refractivity contribution is 5.82. The van der Waals surface area contributed by atoms with Crippen LogP contribution in [0.2, 0.25) is 0 Å². The highest BCUT2D eigenvalue weighted by atomic mass is 16.7. The van der Waals surface area contributed by atoms with Crippen molar-refractivity contribution in [2.45, 2.75) is 24.2 Å². The van der Waals surface area contributed by atoms with E-state index in [1.165, 1.54) is 12.7 Å². The lowest BCUT2D eigenvalue weighted by molar-refractivity contribution is -0.146. The van der Waals surface area contributed by atoms with E-state index in [0.29, 0.717) is 0 Å². The first-order chi connectivity index (χ1) is 10.6. The van der Waals surface area contributed by atoms with Crippen LogP contribution in [0, 0.1) is 0 Å². The molecule has 2 aromatic rings. The van der Waals surface area contributed by atoms with E-state index in [2.05, 4.69) is 12.1 Å². The van der Waals surface area contributed by atoms with Crippen LogP contribution < -0.4 is 5.73 Å². The summed E-state index contributed by atoms with van der Waals surface area (Å²) < 4.78 is 10.3. The summed E-state index contributed by atoms with van der Waals surface area (Å²) in [4.78, 5) is 11.8. The number of methoxy groups -OCH3 is 1. The van der Waals surface area contributed by atoms with Gasteiger partial charge in [0, 0.05) is 5.92 Å². The van der Waals surface area contributed by atoms with Crippen molar-refractivity contribution in [3.8, 4) is 0 Å². The predicted octanol–water partition coefficient (Wildman–Crippen LogP) is 2.24. The number of nitrogens with two attached hydrogens (primary N) is 1. The predicted molar refractivity (Wildman–Crippen MR) is 83.1 cm³/mol. The molecule has 0 spiro atoms. The summed E-state index contributed by atoms with van der Waals surface area (Å²) >= 11 is 0. The van der Waals surface area contributed by atoms with E-state index in [1.807, 2.05) is 48.5 Å². The van der Waals surface area contributed by atoms with E-state index in [9.17, 15) is 4.79 Å². The molecule has 4 heteroatoms. The molecule has 0 saturated carbocycles. The number of carbonyl (C=O) groups is 1. The van der Waals surface area contributed by atoms with Gasteiger partial charge in [-0.05, 0) is 17.5 Å². The van der Waals surface area contributed by atoms with E-state index < -0.39 is 11.7 Å². The van der Waals surface area contributed by atoms with E-state index in [1.54, 1.807) is 0 Å². The standard InChI is InChI=1S/C18H19NO3/c1-21-17(20)18(19)16(22-18)15(14-10-6-3-7-11-14)12-13-8-4-2-5-9-13/h2-11,15-16H,12,19H2,1H3/t15?,16?,18-/m0/s1. The molecular formula is C18H19NO3. The van der Waals surface area contributed by atoms with Crippen LogP contribution in [0.4, 0.5) is 0 Å². The third-order valence-electron chi connectivity index (χ3n) is 4.08. The molecule has 3 atom stereocenters. The molecule has 2 unspecified atom stereocenters. The molecule has 1 aliphatic heterocycles. The number of benzene rings is 2. The van der Waals surface area contributed by atoms with Crippen LogP contribution in [0.15, 0.2) is 60.7 Å². The van der Waals surface area contributed by atoms with Crippen LogP contribution >= 0.6 is 0 Å². The van der Waals surface area contributed by atoms with Gasteiger partial charge < -0.3 is 9.47 Å². The Bertz CT molecular complexity index is 644. The fraction of sp³-hybridized carbons (Fsp3) is 0.278. The average molecular weight is 297 g/mol. The minimum Gasteiger partial charge on any atom is -0.466 e.